The highest BCUT2D eigenvalue weighted by Gasteiger charge is 2.26. The van der Waals surface area contributed by atoms with Gasteiger partial charge in [-0.3, -0.25) is 0 Å². The second-order valence-electron chi connectivity index (χ2n) is 5.17. The van der Waals surface area contributed by atoms with Crippen molar-refractivity contribution in [3.05, 3.63) is 29.8 Å². The topological polar surface area (TPSA) is 87.5 Å². The number of sulfonamides is 1. The zero-order chi connectivity index (χ0) is 16.2. The van der Waals surface area contributed by atoms with Crippen molar-refractivity contribution in [2.24, 2.45) is 0 Å². The summed E-state index contributed by atoms with van der Waals surface area (Å²) in [5, 5.41) is 8.65. The van der Waals surface area contributed by atoms with Crippen LogP contribution in [-0.2, 0) is 14.8 Å². The zero-order valence-corrected chi connectivity index (χ0v) is 13.2. The lowest BCUT2D eigenvalue weighted by atomic mass is 10.2. The Bertz CT molecular complexity index is 688. The number of hydrogen-bond donors (Lipinski definition) is 0. The Balaban J connectivity index is 2.24. The molecular weight excluding hydrogens is 304 g/mol. The average Bonchev–Trinajstić information content (AvgIpc) is 2.55. The van der Waals surface area contributed by atoms with Gasteiger partial charge in [0.1, 0.15) is 6.07 Å². The van der Waals surface area contributed by atoms with Gasteiger partial charge in [-0.15, -0.1) is 0 Å². The molecule has 0 unspecified atom stereocenters. The van der Waals surface area contributed by atoms with Crippen molar-refractivity contribution in [1.82, 2.24) is 4.31 Å². The fourth-order valence-electron chi connectivity index (χ4n) is 2.29. The number of carbonyl (C=O) groups is 1. The predicted octanol–water partition coefficient (Wildman–Crippen LogP) is 1.93. The Hall–Kier alpha value is -1.91. The molecule has 0 spiro atoms. The summed E-state index contributed by atoms with van der Waals surface area (Å²) in [4.78, 5) is 12.0. The van der Waals surface area contributed by atoms with Crippen molar-refractivity contribution in [1.29, 1.82) is 5.26 Å². The van der Waals surface area contributed by atoms with E-state index in [1.54, 1.807) is 6.07 Å². The maximum atomic E-state index is 12.6. The summed E-state index contributed by atoms with van der Waals surface area (Å²) in [5.41, 5.74) is 0.125. The van der Waals surface area contributed by atoms with Crippen LogP contribution in [0.15, 0.2) is 29.2 Å². The molecule has 1 aliphatic rings. The van der Waals surface area contributed by atoms with Crippen LogP contribution in [0, 0.1) is 11.3 Å². The fourth-order valence-corrected chi connectivity index (χ4v) is 3.86. The second kappa shape index (κ2) is 6.90. The molecule has 1 heterocycles. The highest BCUT2D eigenvalue weighted by molar-refractivity contribution is 7.89. The molecule has 0 aromatic heterocycles. The first kappa shape index (κ1) is 16.5. The van der Waals surface area contributed by atoms with Gasteiger partial charge in [-0.05, 0) is 38.0 Å². The molecule has 1 aromatic carbocycles. The minimum Gasteiger partial charge on any atom is -0.444 e. The number of piperidine rings is 1. The maximum absolute atomic E-state index is 12.6. The Morgan fingerprint density at radius 3 is 2.64 bits per heavy atom. The van der Waals surface area contributed by atoms with Crippen LogP contribution < -0.4 is 0 Å². The van der Waals surface area contributed by atoms with E-state index < -0.39 is 22.1 Å². The van der Waals surface area contributed by atoms with Gasteiger partial charge >= 0.3 is 5.97 Å². The largest absolute Gasteiger partial charge is 0.444 e. The Morgan fingerprint density at radius 2 is 2.00 bits per heavy atom. The molecule has 6 nitrogen and oxygen atoms in total. The number of rotatable bonds is 4. The van der Waals surface area contributed by atoms with Crippen LogP contribution in [-0.4, -0.2) is 37.9 Å². The summed E-state index contributed by atoms with van der Waals surface area (Å²) in [6, 6.07) is 7.54. The molecule has 1 aromatic rings. The highest BCUT2D eigenvalue weighted by atomic mass is 32.2. The number of hydrogen-bond acceptors (Lipinski definition) is 5. The van der Waals surface area contributed by atoms with Gasteiger partial charge in [-0.2, -0.15) is 9.57 Å². The summed E-state index contributed by atoms with van der Waals surface area (Å²) >= 11 is 0. The third-order valence-corrected chi connectivity index (χ3v) is 5.38. The van der Waals surface area contributed by atoms with Gasteiger partial charge in [0.05, 0.1) is 10.5 Å². The quantitative estimate of drug-likeness (QED) is 0.790. The van der Waals surface area contributed by atoms with Crippen LogP contribution in [0.2, 0.25) is 0 Å². The third-order valence-electron chi connectivity index (χ3n) is 3.49. The molecule has 0 bridgehead atoms. The van der Waals surface area contributed by atoms with Gasteiger partial charge in [0.25, 0.3) is 0 Å². The number of benzene rings is 1. The van der Waals surface area contributed by atoms with Crippen molar-refractivity contribution >= 4 is 16.0 Å². The van der Waals surface area contributed by atoms with Gasteiger partial charge in [-0.25, -0.2) is 13.2 Å². The minimum atomic E-state index is -3.59. The summed E-state index contributed by atoms with van der Waals surface area (Å²) in [5.74, 6) is -0.704. The van der Waals surface area contributed by atoms with Crippen molar-refractivity contribution < 1.29 is 17.9 Å². The molecule has 2 rings (SSSR count). The molecule has 0 saturated carbocycles. The van der Waals surface area contributed by atoms with Gasteiger partial charge in [0, 0.05) is 13.1 Å². The van der Waals surface area contributed by atoms with Crippen molar-refractivity contribution in [2.75, 3.05) is 13.1 Å². The monoisotopic (exact) mass is 322 g/mol. The van der Waals surface area contributed by atoms with E-state index in [0.29, 0.717) is 13.1 Å². The van der Waals surface area contributed by atoms with E-state index in [0.717, 1.165) is 19.3 Å². The van der Waals surface area contributed by atoms with Crippen LogP contribution in [0.4, 0.5) is 0 Å². The maximum Gasteiger partial charge on any atom is 0.339 e. The molecule has 118 valence electrons. The molecule has 0 N–H and O–H groups in total. The highest BCUT2D eigenvalue weighted by Crippen LogP contribution is 2.21. The van der Waals surface area contributed by atoms with Crippen molar-refractivity contribution in [3.63, 3.8) is 0 Å². The fraction of sp³-hybridized carbons (Fsp3) is 0.467. The molecule has 0 amide bonds. The lowest BCUT2D eigenvalue weighted by molar-refractivity contribution is 0.0435. The number of nitriles is 1. The van der Waals surface area contributed by atoms with E-state index >= 15 is 0 Å². The first-order valence-electron chi connectivity index (χ1n) is 7.16. The number of ether oxygens (including phenoxy) is 1. The lowest BCUT2D eigenvalue weighted by Gasteiger charge is -2.26. The third kappa shape index (κ3) is 3.64. The van der Waals surface area contributed by atoms with Crippen LogP contribution in [0.1, 0.15) is 36.5 Å². The van der Waals surface area contributed by atoms with Crippen LogP contribution in [0.5, 0.6) is 0 Å². The molecular formula is C15H18N2O4S. The van der Waals surface area contributed by atoms with Crippen LogP contribution in [0.25, 0.3) is 0 Å². The van der Waals surface area contributed by atoms with Crippen LogP contribution >= 0.6 is 0 Å². The predicted molar refractivity (Wildman–Crippen MR) is 79.5 cm³/mol. The molecule has 0 radical (unpaired) electrons. The van der Waals surface area contributed by atoms with E-state index in [1.165, 1.54) is 35.5 Å². The summed E-state index contributed by atoms with van der Waals surface area (Å²) in [6.07, 6.45) is 1.85. The zero-order valence-electron chi connectivity index (χ0n) is 12.4. The molecule has 1 aliphatic heterocycles. The van der Waals surface area contributed by atoms with E-state index in [-0.39, 0.29) is 10.5 Å². The van der Waals surface area contributed by atoms with Gasteiger partial charge in [0.2, 0.25) is 10.0 Å². The molecule has 1 saturated heterocycles. The second-order valence-corrected chi connectivity index (χ2v) is 7.11. The average molecular weight is 322 g/mol. The minimum absolute atomic E-state index is 0.0773. The van der Waals surface area contributed by atoms with Gasteiger partial charge in [-0.1, -0.05) is 12.5 Å². The lowest BCUT2D eigenvalue weighted by Crippen LogP contribution is -2.35. The summed E-state index contributed by atoms with van der Waals surface area (Å²) in [7, 11) is -3.59. The first-order chi connectivity index (χ1) is 10.4. The SMILES string of the molecule is C[C@H](C#N)OC(=O)c1cccc(S(=O)(=O)N2CCCCC2)c1. The van der Waals surface area contributed by atoms with Crippen LogP contribution in [0.3, 0.4) is 0 Å². The Kier molecular flexibility index (Phi) is 5.16. The van der Waals surface area contributed by atoms with E-state index in [1.807, 2.05) is 0 Å². The molecule has 1 atom stereocenters. The summed E-state index contributed by atoms with van der Waals surface area (Å²) in [6.45, 7) is 2.46. The molecule has 22 heavy (non-hydrogen) atoms. The normalized spacial score (nSPS) is 17.5. The van der Waals surface area contributed by atoms with Gasteiger partial charge < -0.3 is 4.74 Å². The molecule has 7 heteroatoms. The van der Waals surface area contributed by atoms with Gasteiger partial charge in [0.15, 0.2) is 6.10 Å². The smallest absolute Gasteiger partial charge is 0.339 e. The number of nitrogens with zero attached hydrogens (tertiary/aromatic N) is 2. The number of esters is 1. The standard InChI is InChI=1S/C15H18N2O4S/c1-12(11-16)21-15(18)13-6-5-7-14(10-13)22(19,20)17-8-3-2-4-9-17/h5-7,10,12H,2-4,8-9H2,1H3/t12-/m1/s1. The first-order valence-corrected chi connectivity index (χ1v) is 8.60. The van der Waals surface area contributed by atoms with E-state index in [4.69, 9.17) is 10.00 Å². The molecule has 1 fully saturated rings. The van der Waals surface area contributed by atoms with E-state index in [2.05, 4.69) is 0 Å². The molecule has 0 aliphatic carbocycles. The number of carbonyl (C=O) groups excluding carboxylic acids is 1. The van der Waals surface area contributed by atoms with Crippen molar-refractivity contribution in [2.45, 2.75) is 37.2 Å². The summed E-state index contributed by atoms with van der Waals surface area (Å²) < 4.78 is 31.5. The Morgan fingerprint density at radius 1 is 1.32 bits per heavy atom. The Labute approximate surface area is 130 Å². The van der Waals surface area contributed by atoms with E-state index in [9.17, 15) is 13.2 Å². The van der Waals surface area contributed by atoms with Crippen molar-refractivity contribution in [3.8, 4) is 6.07 Å².